The van der Waals surface area contributed by atoms with Crippen LogP contribution in [-0.2, 0) is 0 Å². The van der Waals surface area contributed by atoms with Gasteiger partial charge in [-0.05, 0) is 18.1 Å². The Bertz CT molecular complexity index is 494. The van der Waals surface area contributed by atoms with Crippen molar-refractivity contribution in [2.45, 2.75) is 19.9 Å². The lowest BCUT2D eigenvalue weighted by atomic mass is 10.1. The monoisotopic (exact) mass is 287 g/mol. The molecule has 0 saturated carbocycles. The minimum absolute atomic E-state index is 0.00122. The molecule has 1 aromatic carbocycles. The van der Waals surface area contributed by atoms with Gasteiger partial charge in [0.15, 0.2) is 0 Å². The summed E-state index contributed by atoms with van der Waals surface area (Å²) in [6, 6.07) is 1.71. The quantitative estimate of drug-likeness (QED) is 0.745. The summed E-state index contributed by atoms with van der Waals surface area (Å²) in [5.41, 5.74) is 5.37. The van der Waals surface area contributed by atoms with Crippen LogP contribution in [-0.4, -0.2) is 17.1 Å². The molecule has 1 atom stereocenters. The fourth-order valence-corrected chi connectivity index (χ4v) is 1.79. The van der Waals surface area contributed by atoms with Crippen LogP contribution in [0.5, 0.6) is 0 Å². The molecule has 0 fully saturated rings. The summed E-state index contributed by atoms with van der Waals surface area (Å²) < 4.78 is 26.0. The number of nitrogens with two attached hydrogens (primary N) is 1. The van der Waals surface area contributed by atoms with Crippen LogP contribution in [0.2, 0.25) is 0 Å². The molecular formula is C12H15F2N3OS. The molecule has 1 aromatic rings. The van der Waals surface area contributed by atoms with Crippen molar-refractivity contribution in [2.24, 2.45) is 11.7 Å². The normalized spacial score (nSPS) is 12.1. The van der Waals surface area contributed by atoms with E-state index in [0.717, 1.165) is 12.1 Å². The molecule has 0 aromatic heterocycles. The Morgan fingerprint density at radius 3 is 2.47 bits per heavy atom. The molecule has 104 valence electrons. The van der Waals surface area contributed by atoms with Crippen LogP contribution in [0.4, 0.5) is 19.3 Å². The van der Waals surface area contributed by atoms with Crippen LogP contribution in [0.15, 0.2) is 18.2 Å². The average Bonchev–Trinajstić information content (AvgIpc) is 2.29. The highest BCUT2D eigenvalue weighted by molar-refractivity contribution is 7.80. The van der Waals surface area contributed by atoms with Crippen LogP contribution >= 0.6 is 12.2 Å². The Morgan fingerprint density at radius 1 is 1.37 bits per heavy atom. The number of amides is 2. The van der Waals surface area contributed by atoms with Crippen LogP contribution in [0.1, 0.15) is 13.8 Å². The van der Waals surface area contributed by atoms with E-state index in [4.69, 9.17) is 18.0 Å². The lowest BCUT2D eigenvalue weighted by Crippen LogP contribution is -2.48. The molecule has 7 heteroatoms. The predicted octanol–water partition coefficient (Wildman–Crippen LogP) is 2.40. The second kappa shape index (κ2) is 6.42. The smallest absolute Gasteiger partial charge is 0.319 e. The Morgan fingerprint density at radius 2 is 2.00 bits per heavy atom. The van der Waals surface area contributed by atoms with Crippen LogP contribution < -0.4 is 16.4 Å². The maximum absolute atomic E-state index is 13.3. The van der Waals surface area contributed by atoms with Crippen molar-refractivity contribution < 1.29 is 13.6 Å². The number of anilines is 1. The van der Waals surface area contributed by atoms with E-state index < -0.39 is 23.7 Å². The van der Waals surface area contributed by atoms with E-state index in [2.05, 4.69) is 10.6 Å². The molecule has 1 rings (SSSR count). The maximum atomic E-state index is 13.3. The third kappa shape index (κ3) is 4.44. The van der Waals surface area contributed by atoms with Gasteiger partial charge >= 0.3 is 6.03 Å². The van der Waals surface area contributed by atoms with Crippen molar-refractivity contribution in [3.8, 4) is 0 Å². The molecule has 4 nitrogen and oxygen atoms in total. The standard InChI is InChI=1S/C12H15F2N3OS/c1-6(2)10(11(15)19)17-12(18)16-9-4-3-7(13)5-8(9)14/h3-6,10H,1-2H3,(H2,15,19)(H2,16,17,18). The van der Waals surface area contributed by atoms with Crippen molar-refractivity contribution in [2.75, 3.05) is 5.32 Å². The van der Waals surface area contributed by atoms with E-state index in [-0.39, 0.29) is 16.6 Å². The topological polar surface area (TPSA) is 67.2 Å². The first-order valence-corrected chi connectivity index (χ1v) is 6.04. The lowest BCUT2D eigenvalue weighted by molar-refractivity contribution is 0.248. The zero-order chi connectivity index (χ0) is 14.6. The number of carbonyl (C=O) groups is 1. The van der Waals surface area contributed by atoms with Gasteiger partial charge in [0.1, 0.15) is 11.6 Å². The van der Waals surface area contributed by atoms with Gasteiger partial charge in [-0.2, -0.15) is 0 Å². The number of hydrogen-bond acceptors (Lipinski definition) is 2. The molecule has 0 saturated heterocycles. The van der Waals surface area contributed by atoms with Gasteiger partial charge in [-0.25, -0.2) is 13.6 Å². The van der Waals surface area contributed by atoms with E-state index >= 15 is 0 Å². The summed E-state index contributed by atoms with van der Waals surface area (Å²) >= 11 is 4.83. The number of nitrogens with one attached hydrogen (secondary N) is 2. The number of carbonyl (C=O) groups excluding carboxylic acids is 1. The highest BCUT2D eigenvalue weighted by Gasteiger charge is 2.19. The molecule has 0 radical (unpaired) electrons. The molecule has 0 heterocycles. The Labute approximate surface area is 115 Å². The summed E-state index contributed by atoms with van der Waals surface area (Å²) in [5, 5.41) is 4.80. The van der Waals surface area contributed by atoms with Gasteiger partial charge in [0.2, 0.25) is 0 Å². The van der Waals surface area contributed by atoms with E-state index in [1.165, 1.54) is 0 Å². The minimum Gasteiger partial charge on any atom is -0.392 e. The number of rotatable bonds is 4. The van der Waals surface area contributed by atoms with Crippen molar-refractivity contribution in [1.82, 2.24) is 5.32 Å². The summed E-state index contributed by atoms with van der Waals surface area (Å²) in [7, 11) is 0. The molecule has 4 N–H and O–H groups in total. The van der Waals surface area contributed by atoms with E-state index in [9.17, 15) is 13.6 Å². The summed E-state index contributed by atoms with van der Waals surface area (Å²) in [6.07, 6.45) is 0. The second-order valence-corrected chi connectivity index (χ2v) is 4.82. The third-order valence-corrected chi connectivity index (χ3v) is 2.69. The Kier molecular flexibility index (Phi) is 5.17. The maximum Gasteiger partial charge on any atom is 0.319 e. The van der Waals surface area contributed by atoms with Gasteiger partial charge in [-0.3, -0.25) is 0 Å². The lowest BCUT2D eigenvalue weighted by Gasteiger charge is -2.21. The molecule has 1 unspecified atom stereocenters. The van der Waals surface area contributed by atoms with Gasteiger partial charge in [-0.1, -0.05) is 26.1 Å². The molecule has 2 amide bonds. The first kappa shape index (κ1) is 15.3. The number of urea groups is 1. The molecule has 0 bridgehead atoms. The minimum atomic E-state index is -0.855. The Hall–Kier alpha value is -1.76. The van der Waals surface area contributed by atoms with Gasteiger partial charge in [0.05, 0.1) is 16.7 Å². The molecule has 0 aliphatic carbocycles. The van der Waals surface area contributed by atoms with Crippen LogP contribution in [0.25, 0.3) is 0 Å². The van der Waals surface area contributed by atoms with E-state index in [0.29, 0.717) is 6.07 Å². The summed E-state index contributed by atoms with van der Waals surface area (Å²) in [6.45, 7) is 3.67. The zero-order valence-electron chi connectivity index (χ0n) is 10.5. The highest BCUT2D eigenvalue weighted by atomic mass is 32.1. The van der Waals surface area contributed by atoms with Crippen LogP contribution in [0.3, 0.4) is 0 Å². The molecule has 0 aliphatic rings. The molecular weight excluding hydrogens is 272 g/mol. The first-order chi connectivity index (χ1) is 8.81. The summed E-state index contributed by atoms with van der Waals surface area (Å²) in [5.74, 6) is -1.57. The predicted molar refractivity (Wildman–Crippen MR) is 73.9 cm³/mol. The summed E-state index contributed by atoms with van der Waals surface area (Å²) in [4.78, 5) is 11.8. The second-order valence-electron chi connectivity index (χ2n) is 4.35. The number of benzene rings is 1. The van der Waals surface area contributed by atoms with Gasteiger partial charge in [-0.15, -0.1) is 0 Å². The van der Waals surface area contributed by atoms with E-state index in [1.54, 1.807) is 0 Å². The zero-order valence-corrected chi connectivity index (χ0v) is 11.4. The fraction of sp³-hybridized carbons (Fsp3) is 0.333. The van der Waals surface area contributed by atoms with E-state index in [1.807, 2.05) is 13.8 Å². The molecule has 0 spiro atoms. The SMILES string of the molecule is CC(C)C(NC(=O)Nc1ccc(F)cc1F)C(N)=S. The van der Waals surface area contributed by atoms with Crippen molar-refractivity contribution in [3.63, 3.8) is 0 Å². The largest absolute Gasteiger partial charge is 0.392 e. The van der Waals surface area contributed by atoms with Crippen LogP contribution in [0, 0.1) is 17.6 Å². The highest BCUT2D eigenvalue weighted by Crippen LogP contribution is 2.14. The van der Waals surface area contributed by atoms with Crippen molar-refractivity contribution in [1.29, 1.82) is 0 Å². The van der Waals surface area contributed by atoms with Crippen molar-refractivity contribution in [3.05, 3.63) is 29.8 Å². The van der Waals surface area contributed by atoms with Gasteiger partial charge in [0.25, 0.3) is 0 Å². The number of halogens is 2. The Balaban J connectivity index is 2.72. The third-order valence-electron chi connectivity index (χ3n) is 2.44. The fourth-order valence-electron chi connectivity index (χ4n) is 1.46. The number of thiocarbonyl (C=S) groups is 1. The average molecular weight is 287 g/mol. The number of hydrogen-bond donors (Lipinski definition) is 3. The first-order valence-electron chi connectivity index (χ1n) is 5.63. The van der Waals surface area contributed by atoms with Crippen molar-refractivity contribution >= 4 is 28.9 Å². The molecule has 19 heavy (non-hydrogen) atoms. The molecule has 0 aliphatic heterocycles. The van der Waals surface area contributed by atoms with Gasteiger partial charge < -0.3 is 16.4 Å². The van der Waals surface area contributed by atoms with Gasteiger partial charge in [0, 0.05) is 6.07 Å².